The molecule has 7 heteroatoms. The quantitative estimate of drug-likeness (QED) is 0.911. The predicted octanol–water partition coefficient (Wildman–Crippen LogP) is 1.70. The summed E-state index contributed by atoms with van der Waals surface area (Å²) in [5.41, 5.74) is 1.22. The van der Waals surface area contributed by atoms with Gasteiger partial charge < -0.3 is 10.0 Å². The Labute approximate surface area is 140 Å². The zero-order valence-electron chi connectivity index (χ0n) is 13.8. The van der Waals surface area contributed by atoms with Crippen molar-refractivity contribution in [3.05, 3.63) is 29.6 Å². The lowest BCUT2D eigenvalue weighted by atomic mass is 10.0. The Morgan fingerprint density at radius 1 is 1.38 bits per heavy atom. The van der Waals surface area contributed by atoms with E-state index in [2.05, 4.69) is 4.98 Å². The van der Waals surface area contributed by atoms with Crippen molar-refractivity contribution >= 4 is 5.91 Å². The lowest BCUT2D eigenvalue weighted by Gasteiger charge is -2.38. The third-order valence-electron chi connectivity index (χ3n) is 4.96. The highest BCUT2D eigenvalue weighted by Crippen LogP contribution is 2.35. The van der Waals surface area contributed by atoms with Gasteiger partial charge in [-0.1, -0.05) is 6.07 Å². The maximum Gasteiger partial charge on any atom is 0.272 e. The number of hydrogen-bond donors (Lipinski definition) is 1. The standard InChI is InChI=1S/C17H23F2N3O2/c1-12-3-2-4-15(20-12)16(24)21-7-5-13(6-8-21)22-11-17(18,19)9-14(22)10-23/h2-4,13-14,23H,5-11H2,1H3/t14-/m0/s1. The summed E-state index contributed by atoms with van der Waals surface area (Å²) < 4.78 is 27.3. The average molecular weight is 339 g/mol. The molecule has 1 atom stereocenters. The first kappa shape index (κ1) is 17.2. The minimum atomic E-state index is -2.73. The van der Waals surface area contributed by atoms with Crippen LogP contribution >= 0.6 is 0 Å². The lowest BCUT2D eigenvalue weighted by Crippen LogP contribution is -2.49. The molecule has 2 saturated heterocycles. The van der Waals surface area contributed by atoms with Crippen LogP contribution in [0.4, 0.5) is 8.78 Å². The van der Waals surface area contributed by atoms with E-state index in [0.29, 0.717) is 31.6 Å². The van der Waals surface area contributed by atoms with Gasteiger partial charge in [0.15, 0.2) is 0 Å². The highest BCUT2D eigenvalue weighted by molar-refractivity contribution is 5.92. The van der Waals surface area contributed by atoms with E-state index in [1.807, 2.05) is 13.0 Å². The number of aryl methyl sites for hydroxylation is 1. The van der Waals surface area contributed by atoms with Crippen LogP contribution in [0, 0.1) is 6.92 Å². The molecule has 1 N–H and O–H groups in total. The van der Waals surface area contributed by atoms with E-state index < -0.39 is 12.0 Å². The number of amides is 1. The second-order valence-corrected chi connectivity index (χ2v) is 6.76. The van der Waals surface area contributed by atoms with Crippen molar-refractivity contribution in [2.45, 2.75) is 44.2 Å². The highest BCUT2D eigenvalue weighted by Gasteiger charge is 2.47. The molecule has 3 heterocycles. The fraction of sp³-hybridized carbons (Fsp3) is 0.647. The number of rotatable bonds is 3. The van der Waals surface area contributed by atoms with E-state index in [1.165, 1.54) is 0 Å². The van der Waals surface area contributed by atoms with Crippen LogP contribution in [0.1, 0.15) is 35.4 Å². The molecule has 0 radical (unpaired) electrons. The molecule has 1 amide bonds. The molecular weight excluding hydrogens is 316 g/mol. The molecule has 2 fully saturated rings. The fourth-order valence-corrected chi connectivity index (χ4v) is 3.74. The van der Waals surface area contributed by atoms with Crippen LogP contribution in [0.15, 0.2) is 18.2 Å². The van der Waals surface area contributed by atoms with E-state index in [1.54, 1.807) is 21.9 Å². The van der Waals surface area contributed by atoms with Crippen molar-refractivity contribution in [1.82, 2.24) is 14.8 Å². The summed E-state index contributed by atoms with van der Waals surface area (Å²) in [6.07, 6.45) is 1.00. The minimum absolute atomic E-state index is 0.00922. The normalized spacial score (nSPS) is 25.2. The van der Waals surface area contributed by atoms with Crippen molar-refractivity contribution in [3.63, 3.8) is 0 Å². The number of pyridine rings is 1. The molecule has 2 aliphatic rings. The molecule has 5 nitrogen and oxygen atoms in total. The monoisotopic (exact) mass is 339 g/mol. The van der Waals surface area contributed by atoms with Crippen molar-refractivity contribution in [1.29, 1.82) is 0 Å². The number of aliphatic hydroxyl groups is 1. The lowest BCUT2D eigenvalue weighted by molar-refractivity contribution is 0.00294. The van der Waals surface area contributed by atoms with Crippen LogP contribution < -0.4 is 0 Å². The van der Waals surface area contributed by atoms with Crippen LogP contribution in [0.3, 0.4) is 0 Å². The maximum atomic E-state index is 13.6. The van der Waals surface area contributed by atoms with Gasteiger partial charge in [-0.3, -0.25) is 9.69 Å². The molecular formula is C17H23F2N3O2. The topological polar surface area (TPSA) is 56.7 Å². The first-order chi connectivity index (χ1) is 11.4. The number of carbonyl (C=O) groups excluding carboxylic acids is 1. The van der Waals surface area contributed by atoms with Gasteiger partial charge >= 0.3 is 0 Å². The van der Waals surface area contributed by atoms with Crippen molar-refractivity contribution in [3.8, 4) is 0 Å². The minimum Gasteiger partial charge on any atom is -0.395 e. The number of aliphatic hydroxyl groups excluding tert-OH is 1. The number of nitrogens with zero attached hydrogens (tertiary/aromatic N) is 3. The van der Waals surface area contributed by atoms with Gasteiger partial charge in [0.05, 0.1) is 13.2 Å². The maximum absolute atomic E-state index is 13.6. The summed E-state index contributed by atoms with van der Waals surface area (Å²) in [6.45, 7) is 2.35. The molecule has 0 aliphatic carbocycles. The number of aromatic nitrogens is 1. The van der Waals surface area contributed by atoms with Crippen molar-refractivity contribution in [2.75, 3.05) is 26.2 Å². The molecule has 0 saturated carbocycles. The van der Waals surface area contributed by atoms with Crippen molar-refractivity contribution in [2.24, 2.45) is 0 Å². The van der Waals surface area contributed by atoms with E-state index in [0.717, 1.165) is 5.69 Å². The molecule has 0 unspecified atom stereocenters. The van der Waals surface area contributed by atoms with E-state index in [-0.39, 0.29) is 31.5 Å². The first-order valence-corrected chi connectivity index (χ1v) is 8.37. The summed E-state index contributed by atoms with van der Waals surface area (Å²) in [5, 5.41) is 9.37. The number of halogens is 2. The second kappa shape index (κ2) is 6.72. The Balaban J connectivity index is 1.61. The number of alkyl halides is 2. The molecule has 132 valence electrons. The zero-order chi connectivity index (χ0) is 17.3. The van der Waals surface area contributed by atoms with Crippen LogP contribution in [-0.2, 0) is 0 Å². The fourth-order valence-electron chi connectivity index (χ4n) is 3.74. The molecule has 1 aromatic heterocycles. The molecule has 1 aromatic rings. The number of piperidine rings is 1. The first-order valence-electron chi connectivity index (χ1n) is 8.37. The number of likely N-dealkylation sites (tertiary alicyclic amines) is 2. The van der Waals surface area contributed by atoms with Gasteiger partial charge in [0.25, 0.3) is 11.8 Å². The number of carbonyl (C=O) groups is 1. The molecule has 2 aliphatic heterocycles. The van der Waals surface area contributed by atoms with Gasteiger partial charge in [0.1, 0.15) is 5.69 Å². The van der Waals surface area contributed by atoms with Gasteiger partial charge in [-0.15, -0.1) is 0 Å². The average Bonchev–Trinajstić information content (AvgIpc) is 2.89. The van der Waals surface area contributed by atoms with Crippen LogP contribution in [0.5, 0.6) is 0 Å². The van der Waals surface area contributed by atoms with Gasteiger partial charge in [-0.25, -0.2) is 13.8 Å². The third-order valence-corrected chi connectivity index (χ3v) is 4.96. The SMILES string of the molecule is Cc1cccc(C(=O)N2CCC(N3CC(F)(F)C[C@H]3CO)CC2)n1. The van der Waals surface area contributed by atoms with Crippen LogP contribution in [-0.4, -0.2) is 70.0 Å². The molecule has 24 heavy (non-hydrogen) atoms. The summed E-state index contributed by atoms with van der Waals surface area (Å²) in [5.74, 6) is -2.84. The predicted molar refractivity (Wildman–Crippen MR) is 85.0 cm³/mol. The molecule has 0 aromatic carbocycles. The van der Waals surface area contributed by atoms with E-state index >= 15 is 0 Å². The third kappa shape index (κ3) is 3.57. The Bertz CT molecular complexity index is 603. The van der Waals surface area contributed by atoms with Crippen LogP contribution in [0.2, 0.25) is 0 Å². The van der Waals surface area contributed by atoms with Gasteiger partial charge in [-0.2, -0.15) is 0 Å². The Hall–Kier alpha value is -1.60. The van der Waals surface area contributed by atoms with E-state index in [9.17, 15) is 18.7 Å². The largest absolute Gasteiger partial charge is 0.395 e. The highest BCUT2D eigenvalue weighted by atomic mass is 19.3. The smallest absolute Gasteiger partial charge is 0.272 e. The van der Waals surface area contributed by atoms with Crippen molar-refractivity contribution < 1.29 is 18.7 Å². The Kier molecular flexibility index (Phi) is 4.83. The summed E-state index contributed by atoms with van der Waals surface area (Å²) in [6, 6.07) is 4.85. The van der Waals surface area contributed by atoms with Gasteiger partial charge in [-0.05, 0) is 31.9 Å². The molecule has 0 bridgehead atoms. The zero-order valence-corrected chi connectivity index (χ0v) is 13.8. The second-order valence-electron chi connectivity index (χ2n) is 6.76. The molecule has 0 spiro atoms. The summed E-state index contributed by atoms with van der Waals surface area (Å²) >= 11 is 0. The van der Waals surface area contributed by atoms with E-state index in [4.69, 9.17) is 0 Å². The Morgan fingerprint density at radius 2 is 2.08 bits per heavy atom. The van der Waals surface area contributed by atoms with Crippen LogP contribution in [0.25, 0.3) is 0 Å². The number of hydrogen-bond acceptors (Lipinski definition) is 4. The Morgan fingerprint density at radius 3 is 2.71 bits per heavy atom. The summed E-state index contributed by atoms with van der Waals surface area (Å²) in [4.78, 5) is 20.2. The van der Waals surface area contributed by atoms with Gasteiger partial charge in [0, 0.05) is 37.3 Å². The summed E-state index contributed by atoms with van der Waals surface area (Å²) in [7, 11) is 0. The molecule has 3 rings (SSSR count). The van der Waals surface area contributed by atoms with Gasteiger partial charge in [0.2, 0.25) is 0 Å².